The van der Waals surface area contributed by atoms with Crippen molar-refractivity contribution in [3.05, 3.63) is 29.8 Å². The number of fused-ring (bicyclic) bond motifs is 1. The van der Waals surface area contributed by atoms with Gasteiger partial charge in [0.25, 0.3) is 0 Å². The van der Waals surface area contributed by atoms with E-state index in [1.54, 1.807) is 0 Å². The summed E-state index contributed by atoms with van der Waals surface area (Å²) in [5.74, 6) is 0.441. The van der Waals surface area contributed by atoms with Crippen LogP contribution in [0.5, 0.6) is 0 Å². The number of ether oxygens (including phenoxy) is 1. The van der Waals surface area contributed by atoms with Crippen LogP contribution < -0.4 is 5.73 Å². The van der Waals surface area contributed by atoms with Gasteiger partial charge in [0.2, 0.25) is 0 Å². The highest BCUT2D eigenvalue weighted by molar-refractivity contribution is 6.24. The molecule has 0 aromatic heterocycles. The molecule has 6 N–H and O–H groups in total. The van der Waals surface area contributed by atoms with E-state index in [1.807, 2.05) is 24.3 Å². The maximum Gasteiger partial charge on any atom is 0.179 e. The van der Waals surface area contributed by atoms with Crippen LogP contribution in [0.1, 0.15) is 12.0 Å². The fraction of sp³-hybridized carbons (Fsp3) is 0.444. The highest BCUT2D eigenvalue weighted by atomic mass is 16.6. The number of hydrogen-bond donors (Lipinski definition) is 5. The first-order valence-corrected chi connectivity index (χ1v) is 8.96. The number of nitrogens with zero attached hydrogens (tertiary/aromatic N) is 4. The van der Waals surface area contributed by atoms with Crippen LogP contribution in [-0.4, -0.2) is 81.3 Å². The number of nitrogens with two attached hydrogens (primary N) is 1. The van der Waals surface area contributed by atoms with Gasteiger partial charge in [-0.25, -0.2) is 9.98 Å². The Kier molecular flexibility index (Phi) is 4.71. The Morgan fingerprint density at radius 1 is 1.21 bits per heavy atom. The molecule has 3 aliphatic rings. The summed E-state index contributed by atoms with van der Waals surface area (Å²) in [7, 11) is 0. The number of aryl methyl sites for hydroxylation is 1. The van der Waals surface area contributed by atoms with Gasteiger partial charge in [-0.2, -0.15) is 0 Å². The van der Waals surface area contributed by atoms with E-state index in [4.69, 9.17) is 15.9 Å². The molecule has 0 radical (unpaired) electrons. The summed E-state index contributed by atoms with van der Waals surface area (Å²) in [6.07, 6.45) is -0.597. The number of rotatable bonds is 5. The quantitative estimate of drug-likeness (QED) is 0.414. The molecule has 1 aromatic carbocycles. The number of nitrogen functional groups attached to an aromatic ring is 1. The molecule has 3 aliphatic heterocycles. The molecule has 4 rings (SSSR count). The van der Waals surface area contributed by atoms with Gasteiger partial charge in [0.1, 0.15) is 30.5 Å². The zero-order valence-corrected chi connectivity index (χ0v) is 15.0. The van der Waals surface area contributed by atoms with E-state index in [0.29, 0.717) is 24.4 Å². The minimum atomic E-state index is -1.26. The van der Waals surface area contributed by atoms with Crippen LogP contribution in [0.3, 0.4) is 0 Å². The minimum Gasteiger partial charge on any atom is -0.399 e. The van der Waals surface area contributed by atoms with Crippen molar-refractivity contribution in [1.29, 1.82) is 5.41 Å². The molecule has 10 heteroatoms. The van der Waals surface area contributed by atoms with E-state index in [0.717, 1.165) is 5.56 Å². The molecule has 0 aliphatic carbocycles. The summed E-state index contributed by atoms with van der Waals surface area (Å²) in [5, 5.41) is 38.1. The molecular weight excluding hydrogens is 364 g/mol. The van der Waals surface area contributed by atoms with Crippen LogP contribution in [0.2, 0.25) is 0 Å². The molecule has 5 atom stereocenters. The first-order valence-electron chi connectivity index (χ1n) is 8.96. The molecule has 0 spiro atoms. The second-order valence-electron chi connectivity index (χ2n) is 7.03. The second kappa shape index (κ2) is 7.06. The Morgan fingerprint density at radius 2 is 1.96 bits per heavy atom. The lowest BCUT2D eigenvalue weighted by Crippen LogP contribution is -2.54. The molecule has 1 unspecified atom stereocenters. The van der Waals surface area contributed by atoms with Gasteiger partial charge >= 0.3 is 0 Å². The zero-order valence-electron chi connectivity index (χ0n) is 15.0. The molecule has 1 saturated heterocycles. The largest absolute Gasteiger partial charge is 0.399 e. The van der Waals surface area contributed by atoms with Crippen LogP contribution in [-0.2, 0) is 11.2 Å². The van der Waals surface area contributed by atoms with Gasteiger partial charge in [0.15, 0.2) is 17.6 Å². The van der Waals surface area contributed by atoms with Crippen molar-refractivity contribution in [2.24, 2.45) is 15.0 Å². The molecule has 10 nitrogen and oxygen atoms in total. The van der Waals surface area contributed by atoms with Gasteiger partial charge in [-0.15, -0.1) is 0 Å². The molecule has 148 valence electrons. The fourth-order valence-electron chi connectivity index (χ4n) is 3.68. The van der Waals surface area contributed by atoms with Gasteiger partial charge in [-0.1, -0.05) is 12.1 Å². The molecule has 1 aromatic rings. The van der Waals surface area contributed by atoms with Crippen molar-refractivity contribution in [3.63, 3.8) is 0 Å². The minimum absolute atomic E-state index is 0.0402. The fourth-order valence-corrected chi connectivity index (χ4v) is 3.68. The summed E-state index contributed by atoms with van der Waals surface area (Å²) in [5.41, 5.74) is 6.34. The van der Waals surface area contributed by atoms with Crippen LogP contribution in [0.15, 0.2) is 39.2 Å². The average molecular weight is 386 g/mol. The molecule has 0 bridgehead atoms. The van der Waals surface area contributed by atoms with Crippen molar-refractivity contribution in [2.75, 3.05) is 12.3 Å². The summed E-state index contributed by atoms with van der Waals surface area (Å²) in [6.45, 7) is -0.425. The molecule has 0 amide bonds. The van der Waals surface area contributed by atoms with Gasteiger partial charge in [0.05, 0.1) is 12.9 Å². The predicted octanol–water partition coefficient (Wildman–Crippen LogP) is -0.859. The van der Waals surface area contributed by atoms with Crippen LogP contribution >= 0.6 is 0 Å². The first-order chi connectivity index (χ1) is 13.5. The van der Waals surface area contributed by atoms with E-state index in [-0.39, 0.29) is 5.84 Å². The Labute approximate surface area is 161 Å². The van der Waals surface area contributed by atoms with Gasteiger partial charge < -0.3 is 25.8 Å². The number of aliphatic hydroxyl groups is 3. The van der Waals surface area contributed by atoms with Crippen molar-refractivity contribution < 1.29 is 20.1 Å². The topological polar surface area (TPSA) is 160 Å². The number of hydrogen-bond acceptors (Lipinski definition) is 9. The van der Waals surface area contributed by atoms with Crippen LogP contribution in [0.4, 0.5) is 5.69 Å². The normalized spacial score (nSPS) is 34.0. The third kappa shape index (κ3) is 2.90. The second-order valence-corrected chi connectivity index (χ2v) is 7.03. The maximum absolute atomic E-state index is 10.3. The highest BCUT2D eigenvalue weighted by Gasteiger charge is 2.54. The molecule has 3 heterocycles. The highest BCUT2D eigenvalue weighted by Crippen LogP contribution is 2.35. The van der Waals surface area contributed by atoms with Gasteiger partial charge in [-0.05, 0) is 30.5 Å². The van der Waals surface area contributed by atoms with E-state index >= 15 is 0 Å². The van der Waals surface area contributed by atoms with E-state index in [9.17, 15) is 15.3 Å². The predicted molar refractivity (Wildman–Crippen MR) is 104 cm³/mol. The third-order valence-corrected chi connectivity index (χ3v) is 5.32. The Balaban J connectivity index is 1.58. The van der Waals surface area contributed by atoms with Crippen LogP contribution in [0, 0.1) is 5.41 Å². The van der Waals surface area contributed by atoms with Crippen LogP contribution in [0.25, 0.3) is 0 Å². The molecular formula is C18H22N6O4. The number of anilines is 1. The summed E-state index contributed by atoms with van der Waals surface area (Å²) in [6, 6.07) is 7.47. The molecule has 0 saturated carbocycles. The Morgan fingerprint density at radius 3 is 2.64 bits per heavy atom. The van der Waals surface area contributed by atoms with Gasteiger partial charge in [0, 0.05) is 5.69 Å². The monoisotopic (exact) mass is 386 g/mol. The molecule has 1 fully saturated rings. The number of aliphatic hydroxyl groups excluding tert-OH is 3. The lowest BCUT2D eigenvalue weighted by molar-refractivity contribution is -0.0512. The summed E-state index contributed by atoms with van der Waals surface area (Å²) < 4.78 is 5.60. The lowest BCUT2D eigenvalue weighted by atomic mass is 9.88. The Hall–Kier alpha value is -2.66. The summed E-state index contributed by atoms with van der Waals surface area (Å²) in [4.78, 5) is 14.3. The van der Waals surface area contributed by atoms with Gasteiger partial charge in [-0.3, -0.25) is 15.3 Å². The number of nitrogens with one attached hydrogen (secondary N) is 1. The summed E-state index contributed by atoms with van der Waals surface area (Å²) >= 11 is 0. The third-order valence-electron chi connectivity index (χ3n) is 5.32. The SMILES string of the molecule is N=C1N=CN=C2N([C@@H]3O[C@H](CO)[C@@H](O)[C@H]3O)C=NC12CCc1ccc(N)cc1. The number of aliphatic imine (C=N–C) groups is 3. The molecule has 28 heavy (non-hydrogen) atoms. The smallest absolute Gasteiger partial charge is 0.179 e. The standard InChI is InChI=1S/C18H22N6O4/c19-11-3-1-10(2-4-11)5-6-18-16(20)21-8-22-17(18)24(9-23-18)15-14(27)13(26)12(7-25)28-15/h1-4,8-9,12-15,20,25-27H,5-7,19H2/t12-,13-,14-,15-,18?/m1/s1. The first kappa shape index (κ1) is 18.7. The average Bonchev–Trinajstić information content (AvgIpc) is 3.21. The van der Waals surface area contributed by atoms with Crippen molar-refractivity contribution >= 4 is 30.0 Å². The Bertz CT molecular complexity index is 854. The zero-order chi connectivity index (χ0) is 19.9. The number of amidine groups is 2. The van der Waals surface area contributed by atoms with Crippen molar-refractivity contribution in [3.8, 4) is 0 Å². The van der Waals surface area contributed by atoms with E-state index in [2.05, 4.69) is 15.0 Å². The van der Waals surface area contributed by atoms with E-state index < -0.39 is 36.7 Å². The number of benzene rings is 1. The van der Waals surface area contributed by atoms with Crippen molar-refractivity contribution in [2.45, 2.75) is 42.9 Å². The lowest BCUT2D eigenvalue weighted by Gasteiger charge is -2.33. The van der Waals surface area contributed by atoms with Crippen molar-refractivity contribution in [1.82, 2.24) is 4.90 Å². The maximum atomic E-state index is 10.3. The van der Waals surface area contributed by atoms with E-state index in [1.165, 1.54) is 17.6 Å².